The number of Topliss-reactive ketones (excluding diaryl/α,β-unsaturated/α-hetero) is 1. The van der Waals surface area contributed by atoms with Crippen LogP contribution in [0.15, 0.2) is 11.1 Å². The molecule has 1 aliphatic rings. The summed E-state index contributed by atoms with van der Waals surface area (Å²) in [5.41, 5.74) is -0.0920. The fourth-order valence-corrected chi connectivity index (χ4v) is 2.29. The van der Waals surface area contributed by atoms with Crippen molar-refractivity contribution in [2.75, 3.05) is 13.2 Å². The van der Waals surface area contributed by atoms with Crippen molar-refractivity contribution in [3.63, 3.8) is 0 Å². The number of esters is 1. The van der Waals surface area contributed by atoms with Gasteiger partial charge in [0.2, 0.25) is 0 Å². The van der Waals surface area contributed by atoms with Crippen molar-refractivity contribution in [3.8, 4) is 0 Å². The monoisotopic (exact) mass is 300 g/mol. The zero-order chi connectivity index (χ0) is 15.8. The fraction of sp³-hybridized carbons (Fsp3) is 0.733. The van der Waals surface area contributed by atoms with Gasteiger partial charge in [-0.25, -0.2) is 4.79 Å². The third-order valence-corrected chi connectivity index (χ3v) is 3.58. The van der Waals surface area contributed by atoms with Crippen LogP contribution in [-0.4, -0.2) is 52.5 Å². The number of cyclic esters (lactones) is 1. The number of ether oxygens (including phenoxy) is 1. The van der Waals surface area contributed by atoms with Gasteiger partial charge < -0.3 is 20.1 Å². The van der Waals surface area contributed by atoms with E-state index in [4.69, 9.17) is 9.84 Å². The van der Waals surface area contributed by atoms with Gasteiger partial charge in [0.25, 0.3) is 0 Å². The van der Waals surface area contributed by atoms with Crippen LogP contribution in [0, 0.1) is 0 Å². The average molecular weight is 300 g/mol. The summed E-state index contributed by atoms with van der Waals surface area (Å²) >= 11 is 0. The Labute approximate surface area is 124 Å². The number of rotatable bonds is 10. The summed E-state index contributed by atoms with van der Waals surface area (Å²) in [5.74, 6) is -1.12. The number of aliphatic hydroxyl groups is 3. The van der Waals surface area contributed by atoms with Gasteiger partial charge in [0.1, 0.15) is 24.4 Å². The molecule has 0 fully saturated rings. The van der Waals surface area contributed by atoms with Crippen LogP contribution in [0.25, 0.3) is 0 Å². The first-order valence-corrected chi connectivity index (χ1v) is 7.43. The summed E-state index contributed by atoms with van der Waals surface area (Å²) in [5, 5.41) is 28.1. The minimum atomic E-state index is -1.46. The Kier molecular flexibility index (Phi) is 7.56. The van der Waals surface area contributed by atoms with E-state index in [0.717, 1.165) is 25.7 Å². The van der Waals surface area contributed by atoms with Crippen molar-refractivity contribution in [3.05, 3.63) is 11.1 Å². The normalized spacial score (nSPS) is 17.8. The highest BCUT2D eigenvalue weighted by Crippen LogP contribution is 2.23. The molecule has 1 aliphatic heterocycles. The Hall–Kier alpha value is -1.24. The largest absolute Gasteiger partial charge is 0.457 e. The lowest BCUT2D eigenvalue weighted by molar-refractivity contribution is -0.137. The third-order valence-electron chi connectivity index (χ3n) is 3.58. The van der Waals surface area contributed by atoms with E-state index in [0.29, 0.717) is 6.42 Å². The molecule has 0 saturated heterocycles. The van der Waals surface area contributed by atoms with Gasteiger partial charge >= 0.3 is 5.97 Å². The summed E-state index contributed by atoms with van der Waals surface area (Å²) in [6.07, 6.45) is 2.21. The SMILES string of the molecule is CCCCCCCC(=O)C1=C([C@@H](O)[C@H](O)CO)COC1=O. The van der Waals surface area contributed by atoms with Crippen LogP contribution < -0.4 is 0 Å². The Balaban J connectivity index is 2.66. The first kappa shape index (κ1) is 17.8. The second-order valence-electron chi connectivity index (χ2n) is 5.26. The van der Waals surface area contributed by atoms with Gasteiger partial charge in [-0.15, -0.1) is 0 Å². The van der Waals surface area contributed by atoms with E-state index in [1.165, 1.54) is 0 Å². The van der Waals surface area contributed by atoms with Crippen molar-refractivity contribution in [1.82, 2.24) is 0 Å². The number of carbonyl (C=O) groups is 2. The quantitative estimate of drug-likeness (QED) is 0.308. The van der Waals surface area contributed by atoms with E-state index in [1.807, 2.05) is 0 Å². The molecule has 6 heteroatoms. The number of unbranched alkanes of at least 4 members (excludes halogenated alkanes) is 4. The third kappa shape index (κ3) is 4.91. The van der Waals surface area contributed by atoms with E-state index < -0.39 is 24.8 Å². The maximum atomic E-state index is 12.1. The Morgan fingerprint density at radius 2 is 1.90 bits per heavy atom. The van der Waals surface area contributed by atoms with Crippen LogP contribution in [0.4, 0.5) is 0 Å². The average Bonchev–Trinajstić information content (AvgIpc) is 2.87. The molecule has 6 nitrogen and oxygen atoms in total. The first-order valence-electron chi connectivity index (χ1n) is 7.43. The van der Waals surface area contributed by atoms with Crippen LogP contribution in [-0.2, 0) is 14.3 Å². The van der Waals surface area contributed by atoms with Crippen LogP contribution >= 0.6 is 0 Å². The lowest BCUT2D eigenvalue weighted by Gasteiger charge is -2.16. The van der Waals surface area contributed by atoms with Gasteiger partial charge in [0.15, 0.2) is 5.78 Å². The lowest BCUT2D eigenvalue weighted by atomic mass is 9.96. The van der Waals surface area contributed by atoms with Gasteiger partial charge in [0, 0.05) is 12.0 Å². The highest BCUT2D eigenvalue weighted by atomic mass is 16.5. The number of hydrogen-bond acceptors (Lipinski definition) is 6. The van der Waals surface area contributed by atoms with Crippen LogP contribution in [0.3, 0.4) is 0 Å². The molecule has 0 aromatic rings. The van der Waals surface area contributed by atoms with E-state index in [1.54, 1.807) is 0 Å². The second-order valence-corrected chi connectivity index (χ2v) is 5.26. The Bertz CT molecular complexity index is 401. The van der Waals surface area contributed by atoms with Crippen molar-refractivity contribution in [1.29, 1.82) is 0 Å². The molecule has 0 amide bonds. The van der Waals surface area contributed by atoms with Crippen molar-refractivity contribution < 1.29 is 29.6 Å². The molecule has 120 valence electrons. The molecule has 0 saturated carbocycles. The topological polar surface area (TPSA) is 104 Å². The summed E-state index contributed by atoms with van der Waals surface area (Å²) in [6, 6.07) is 0. The Morgan fingerprint density at radius 1 is 1.24 bits per heavy atom. The maximum Gasteiger partial charge on any atom is 0.342 e. The molecule has 0 aromatic heterocycles. The Morgan fingerprint density at radius 3 is 2.52 bits per heavy atom. The van der Waals surface area contributed by atoms with Crippen molar-refractivity contribution in [2.45, 2.75) is 57.7 Å². The van der Waals surface area contributed by atoms with Gasteiger partial charge in [0.05, 0.1) is 6.61 Å². The summed E-state index contributed by atoms with van der Waals surface area (Å²) in [7, 11) is 0. The highest BCUT2D eigenvalue weighted by molar-refractivity contribution is 6.19. The van der Waals surface area contributed by atoms with E-state index in [9.17, 15) is 19.8 Å². The maximum absolute atomic E-state index is 12.1. The lowest BCUT2D eigenvalue weighted by Crippen LogP contribution is -2.32. The molecule has 2 atom stereocenters. The summed E-state index contributed by atoms with van der Waals surface area (Å²) < 4.78 is 4.77. The molecule has 21 heavy (non-hydrogen) atoms. The molecule has 0 radical (unpaired) electrons. The number of hydrogen-bond donors (Lipinski definition) is 3. The van der Waals surface area contributed by atoms with E-state index in [2.05, 4.69) is 6.92 Å². The molecule has 1 heterocycles. The minimum Gasteiger partial charge on any atom is -0.457 e. The predicted molar refractivity (Wildman–Crippen MR) is 75.5 cm³/mol. The number of aliphatic hydroxyl groups excluding tert-OH is 3. The van der Waals surface area contributed by atoms with Gasteiger partial charge in [-0.1, -0.05) is 32.6 Å². The smallest absolute Gasteiger partial charge is 0.342 e. The molecule has 1 rings (SSSR count). The van der Waals surface area contributed by atoms with Gasteiger partial charge in [-0.3, -0.25) is 4.79 Å². The molecular formula is C15H24O6. The highest BCUT2D eigenvalue weighted by Gasteiger charge is 2.35. The zero-order valence-electron chi connectivity index (χ0n) is 12.4. The van der Waals surface area contributed by atoms with Crippen molar-refractivity contribution in [2.24, 2.45) is 0 Å². The fourth-order valence-electron chi connectivity index (χ4n) is 2.29. The van der Waals surface area contributed by atoms with Gasteiger partial charge in [-0.05, 0) is 6.42 Å². The molecule has 0 bridgehead atoms. The molecule has 0 spiro atoms. The number of ketones is 1. The van der Waals surface area contributed by atoms with Crippen LogP contribution in [0.2, 0.25) is 0 Å². The first-order chi connectivity index (χ1) is 10.0. The predicted octanol–water partition coefficient (Wildman–Crippen LogP) is 0.483. The molecule has 0 aromatic carbocycles. The van der Waals surface area contributed by atoms with Gasteiger partial charge in [-0.2, -0.15) is 0 Å². The van der Waals surface area contributed by atoms with E-state index in [-0.39, 0.29) is 30.0 Å². The van der Waals surface area contributed by atoms with Crippen molar-refractivity contribution >= 4 is 11.8 Å². The van der Waals surface area contributed by atoms with Crippen LogP contribution in [0.1, 0.15) is 45.4 Å². The number of carbonyl (C=O) groups excluding carboxylic acids is 2. The van der Waals surface area contributed by atoms with Crippen LogP contribution in [0.5, 0.6) is 0 Å². The summed E-state index contributed by atoms with van der Waals surface area (Å²) in [4.78, 5) is 23.7. The second kappa shape index (κ2) is 8.92. The summed E-state index contributed by atoms with van der Waals surface area (Å²) in [6.45, 7) is 1.23. The molecule has 0 aliphatic carbocycles. The molecular weight excluding hydrogens is 276 g/mol. The zero-order valence-corrected chi connectivity index (χ0v) is 12.4. The minimum absolute atomic E-state index is 0.0695. The van der Waals surface area contributed by atoms with E-state index >= 15 is 0 Å². The molecule has 0 unspecified atom stereocenters. The molecule has 3 N–H and O–H groups in total. The standard InChI is InChI=1S/C15H24O6/c1-2-3-4-5-6-7-11(17)13-10(9-21-15(13)20)14(19)12(18)8-16/h12,14,16,18-19H,2-9H2,1H3/t12-,14-/m1/s1.